The standard InChI is InChI=1S/C24H26O3/c1-3-17-10-8-9-11-18(17)14-15-20-16-22(25)23(24(26)27-20)21(4-2)19-12-6-5-7-13-19/h5-13,16,21,25H,3-4,14-15H2,1-2H3/t21-/m0/s1. The molecule has 3 heteroatoms. The molecular weight excluding hydrogens is 336 g/mol. The van der Waals surface area contributed by atoms with E-state index >= 15 is 0 Å². The Hall–Kier alpha value is -2.81. The highest BCUT2D eigenvalue weighted by Crippen LogP contribution is 2.32. The Bertz CT molecular complexity index is 941. The van der Waals surface area contributed by atoms with Crippen molar-refractivity contribution in [2.45, 2.75) is 45.4 Å². The average Bonchev–Trinajstić information content (AvgIpc) is 2.70. The summed E-state index contributed by atoms with van der Waals surface area (Å²) in [6.45, 7) is 4.14. The van der Waals surface area contributed by atoms with Crippen LogP contribution >= 0.6 is 0 Å². The van der Waals surface area contributed by atoms with Gasteiger partial charge in [0.1, 0.15) is 11.5 Å². The summed E-state index contributed by atoms with van der Waals surface area (Å²) >= 11 is 0. The van der Waals surface area contributed by atoms with Crippen LogP contribution in [0.15, 0.2) is 69.9 Å². The first kappa shape index (κ1) is 19.0. The van der Waals surface area contributed by atoms with Crippen molar-refractivity contribution in [1.82, 2.24) is 0 Å². The third kappa shape index (κ3) is 4.30. The summed E-state index contributed by atoms with van der Waals surface area (Å²) < 4.78 is 5.57. The molecular formula is C24H26O3. The molecule has 1 N–H and O–H groups in total. The van der Waals surface area contributed by atoms with Gasteiger partial charge in [0, 0.05) is 18.4 Å². The molecule has 0 aliphatic carbocycles. The summed E-state index contributed by atoms with van der Waals surface area (Å²) in [4.78, 5) is 12.6. The molecule has 1 atom stereocenters. The molecule has 2 aromatic carbocycles. The van der Waals surface area contributed by atoms with Crippen molar-refractivity contribution in [2.24, 2.45) is 0 Å². The average molecular weight is 362 g/mol. The smallest absolute Gasteiger partial charge is 0.343 e. The Morgan fingerprint density at radius 2 is 1.59 bits per heavy atom. The fourth-order valence-electron chi connectivity index (χ4n) is 3.68. The van der Waals surface area contributed by atoms with Crippen molar-refractivity contribution >= 4 is 0 Å². The molecule has 1 aromatic heterocycles. The molecule has 27 heavy (non-hydrogen) atoms. The lowest BCUT2D eigenvalue weighted by Crippen LogP contribution is -2.15. The second-order valence-corrected chi connectivity index (χ2v) is 6.79. The minimum absolute atomic E-state index is 0.0285. The summed E-state index contributed by atoms with van der Waals surface area (Å²) in [6.07, 6.45) is 3.05. The van der Waals surface area contributed by atoms with Crippen LogP contribution in [0.4, 0.5) is 0 Å². The Labute approximate surface area is 160 Å². The monoisotopic (exact) mass is 362 g/mol. The van der Waals surface area contributed by atoms with Gasteiger partial charge in [0.05, 0.1) is 5.56 Å². The molecule has 3 aromatic rings. The minimum atomic E-state index is -0.440. The third-order valence-corrected chi connectivity index (χ3v) is 5.12. The number of benzene rings is 2. The highest BCUT2D eigenvalue weighted by molar-refractivity contribution is 5.40. The van der Waals surface area contributed by atoms with Crippen LogP contribution in [0.25, 0.3) is 0 Å². The van der Waals surface area contributed by atoms with Crippen molar-refractivity contribution in [3.63, 3.8) is 0 Å². The predicted molar refractivity (Wildman–Crippen MR) is 108 cm³/mol. The SMILES string of the molecule is CCc1ccccc1CCc1cc(O)c([C@@H](CC)c2ccccc2)c(=O)o1. The fraction of sp³-hybridized carbons (Fsp3) is 0.292. The Morgan fingerprint density at radius 3 is 2.22 bits per heavy atom. The molecule has 0 unspecified atom stereocenters. The van der Waals surface area contributed by atoms with Gasteiger partial charge in [-0.3, -0.25) is 0 Å². The quantitative estimate of drug-likeness (QED) is 0.626. The van der Waals surface area contributed by atoms with Gasteiger partial charge in [0.25, 0.3) is 0 Å². The molecule has 0 bridgehead atoms. The van der Waals surface area contributed by atoms with E-state index in [1.807, 2.05) is 49.4 Å². The van der Waals surface area contributed by atoms with Crippen LogP contribution in [0.5, 0.6) is 5.75 Å². The first-order valence-electron chi connectivity index (χ1n) is 9.61. The van der Waals surface area contributed by atoms with Crippen LogP contribution in [0.2, 0.25) is 0 Å². The predicted octanol–water partition coefficient (Wildman–Crippen LogP) is 5.23. The number of rotatable bonds is 7. The van der Waals surface area contributed by atoms with Crippen molar-refractivity contribution in [3.05, 3.63) is 99.1 Å². The zero-order valence-corrected chi connectivity index (χ0v) is 15.9. The minimum Gasteiger partial charge on any atom is -0.507 e. The molecule has 140 valence electrons. The topological polar surface area (TPSA) is 50.4 Å². The van der Waals surface area contributed by atoms with Gasteiger partial charge in [0.2, 0.25) is 0 Å². The van der Waals surface area contributed by atoms with Crippen LogP contribution in [0.1, 0.15) is 54.2 Å². The van der Waals surface area contributed by atoms with Gasteiger partial charge in [0.15, 0.2) is 0 Å². The van der Waals surface area contributed by atoms with Gasteiger partial charge < -0.3 is 9.52 Å². The van der Waals surface area contributed by atoms with E-state index in [1.54, 1.807) is 6.07 Å². The summed E-state index contributed by atoms with van der Waals surface area (Å²) in [5, 5.41) is 10.6. The second-order valence-electron chi connectivity index (χ2n) is 6.79. The molecule has 0 saturated heterocycles. The summed E-state index contributed by atoms with van der Waals surface area (Å²) in [6, 6.07) is 19.7. The van der Waals surface area contributed by atoms with Crippen LogP contribution in [0, 0.1) is 0 Å². The van der Waals surface area contributed by atoms with E-state index in [4.69, 9.17) is 4.42 Å². The Morgan fingerprint density at radius 1 is 0.926 bits per heavy atom. The van der Waals surface area contributed by atoms with E-state index in [2.05, 4.69) is 19.1 Å². The van der Waals surface area contributed by atoms with Crippen LogP contribution in [-0.2, 0) is 19.3 Å². The molecule has 0 aliphatic rings. The van der Waals surface area contributed by atoms with Crippen LogP contribution in [-0.4, -0.2) is 5.11 Å². The van der Waals surface area contributed by atoms with Gasteiger partial charge in [-0.05, 0) is 36.0 Å². The van der Waals surface area contributed by atoms with Gasteiger partial charge in [-0.1, -0.05) is 68.4 Å². The van der Waals surface area contributed by atoms with Crippen molar-refractivity contribution in [3.8, 4) is 5.75 Å². The molecule has 0 aliphatic heterocycles. The van der Waals surface area contributed by atoms with Crippen molar-refractivity contribution < 1.29 is 9.52 Å². The Balaban J connectivity index is 1.86. The summed E-state index contributed by atoms with van der Waals surface area (Å²) in [5.41, 5.74) is 3.47. The zero-order chi connectivity index (χ0) is 19.2. The van der Waals surface area contributed by atoms with Gasteiger partial charge in [-0.2, -0.15) is 0 Å². The number of aromatic hydroxyl groups is 1. The third-order valence-electron chi connectivity index (χ3n) is 5.12. The number of hydrogen-bond donors (Lipinski definition) is 1. The Kier molecular flexibility index (Phi) is 6.12. The first-order valence-corrected chi connectivity index (χ1v) is 9.61. The van der Waals surface area contributed by atoms with Gasteiger partial charge in [-0.15, -0.1) is 0 Å². The zero-order valence-electron chi connectivity index (χ0n) is 15.9. The second kappa shape index (κ2) is 8.72. The van der Waals surface area contributed by atoms with Gasteiger partial charge in [-0.25, -0.2) is 4.79 Å². The lowest BCUT2D eigenvalue weighted by Gasteiger charge is -2.16. The van der Waals surface area contributed by atoms with E-state index < -0.39 is 5.63 Å². The molecule has 3 nitrogen and oxygen atoms in total. The molecule has 0 fully saturated rings. The highest BCUT2D eigenvalue weighted by Gasteiger charge is 2.21. The largest absolute Gasteiger partial charge is 0.507 e. The fourth-order valence-corrected chi connectivity index (χ4v) is 3.68. The lowest BCUT2D eigenvalue weighted by atomic mass is 9.89. The van der Waals surface area contributed by atoms with Crippen LogP contribution in [0.3, 0.4) is 0 Å². The maximum absolute atomic E-state index is 12.6. The normalized spacial score (nSPS) is 12.1. The summed E-state index contributed by atoms with van der Waals surface area (Å²) in [5.74, 6) is 0.383. The maximum atomic E-state index is 12.6. The number of aryl methyl sites for hydroxylation is 3. The number of hydrogen-bond acceptors (Lipinski definition) is 3. The molecule has 0 radical (unpaired) electrons. The van der Waals surface area contributed by atoms with E-state index in [1.165, 1.54) is 11.1 Å². The van der Waals surface area contributed by atoms with Gasteiger partial charge >= 0.3 is 5.63 Å². The van der Waals surface area contributed by atoms with E-state index in [0.717, 1.165) is 18.4 Å². The highest BCUT2D eigenvalue weighted by atomic mass is 16.4. The van der Waals surface area contributed by atoms with E-state index in [0.29, 0.717) is 24.2 Å². The summed E-state index contributed by atoms with van der Waals surface area (Å²) in [7, 11) is 0. The van der Waals surface area contributed by atoms with E-state index in [-0.39, 0.29) is 11.7 Å². The molecule has 0 spiro atoms. The van der Waals surface area contributed by atoms with E-state index in [9.17, 15) is 9.90 Å². The molecule has 3 rings (SSSR count). The molecule has 1 heterocycles. The molecule has 0 amide bonds. The first-order chi connectivity index (χ1) is 13.1. The van der Waals surface area contributed by atoms with Crippen molar-refractivity contribution in [1.29, 1.82) is 0 Å². The van der Waals surface area contributed by atoms with Crippen LogP contribution < -0.4 is 5.63 Å². The molecule has 0 saturated carbocycles. The van der Waals surface area contributed by atoms with Crippen molar-refractivity contribution in [2.75, 3.05) is 0 Å². The maximum Gasteiger partial charge on any atom is 0.343 e. The lowest BCUT2D eigenvalue weighted by molar-refractivity contribution is 0.406.